The molecule has 1 aromatic carbocycles. The van der Waals surface area contributed by atoms with Crippen molar-refractivity contribution in [2.24, 2.45) is 5.92 Å². The fourth-order valence-electron chi connectivity index (χ4n) is 2.31. The molecule has 1 fully saturated rings. The highest BCUT2D eigenvalue weighted by molar-refractivity contribution is 6.30. The smallest absolute Gasteiger partial charge is 0.322 e. The topological polar surface area (TPSA) is 104 Å². The molecule has 0 spiro atoms. The SMILES string of the molecule is O=C(O)CNC(=O)C1C(=O)CCN(Cc2ccc(Cl)cc2)C1=O. The van der Waals surface area contributed by atoms with E-state index in [1.54, 1.807) is 24.3 Å². The molecule has 8 heteroatoms. The van der Waals surface area contributed by atoms with Crippen molar-refractivity contribution in [3.05, 3.63) is 34.9 Å². The molecule has 1 heterocycles. The van der Waals surface area contributed by atoms with Crippen molar-refractivity contribution >= 4 is 35.2 Å². The van der Waals surface area contributed by atoms with Crippen LogP contribution in [0.5, 0.6) is 0 Å². The molecule has 0 saturated carbocycles. The Morgan fingerprint density at radius 2 is 1.91 bits per heavy atom. The highest BCUT2D eigenvalue weighted by atomic mass is 35.5. The minimum Gasteiger partial charge on any atom is -0.480 e. The molecule has 1 aliphatic heterocycles. The molecule has 2 rings (SSSR count). The van der Waals surface area contributed by atoms with Crippen LogP contribution in [0.15, 0.2) is 24.3 Å². The maximum atomic E-state index is 12.4. The molecule has 0 aliphatic carbocycles. The van der Waals surface area contributed by atoms with Crippen molar-refractivity contribution in [2.75, 3.05) is 13.1 Å². The third-order valence-corrected chi connectivity index (χ3v) is 3.72. The highest BCUT2D eigenvalue weighted by Gasteiger charge is 2.40. The molecule has 0 radical (unpaired) electrons. The molecule has 2 amide bonds. The van der Waals surface area contributed by atoms with E-state index in [1.807, 2.05) is 0 Å². The Kier molecular flexibility index (Phi) is 5.33. The van der Waals surface area contributed by atoms with Crippen LogP contribution in [0.1, 0.15) is 12.0 Å². The zero-order valence-corrected chi connectivity index (χ0v) is 12.9. The van der Waals surface area contributed by atoms with Gasteiger partial charge in [-0.15, -0.1) is 0 Å². The van der Waals surface area contributed by atoms with Gasteiger partial charge in [-0.05, 0) is 17.7 Å². The summed E-state index contributed by atoms with van der Waals surface area (Å²) >= 11 is 5.80. The van der Waals surface area contributed by atoms with Crippen molar-refractivity contribution in [3.8, 4) is 0 Å². The quantitative estimate of drug-likeness (QED) is 0.759. The molecular formula is C15H15ClN2O5. The summed E-state index contributed by atoms with van der Waals surface area (Å²) < 4.78 is 0. The van der Waals surface area contributed by atoms with E-state index in [9.17, 15) is 19.2 Å². The number of amides is 2. The Balaban J connectivity index is 2.07. The molecule has 0 aromatic heterocycles. The number of ketones is 1. The molecule has 1 aromatic rings. The van der Waals surface area contributed by atoms with E-state index in [0.717, 1.165) is 5.56 Å². The van der Waals surface area contributed by atoms with E-state index in [0.29, 0.717) is 5.02 Å². The summed E-state index contributed by atoms with van der Waals surface area (Å²) in [4.78, 5) is 48.0. The van der Waals surface area contributed by atoms with Crippen LogP contribution in [0.2, 0.25) is 5.02 Å². The second-order valence-corrected chi connectivity index (χ2v) is 5.58. The van der Waals surface area contributed by atoms with Crippen LogP contribution in [0, 0.1) is 5.92 Å². The van der Waals surface area contributed by atoms with Crippen LogP contribution < -0.4 is 5.32 Å². The number of benzene rings is 1. The molecule has 1 aliphatic rings. The van der Waals surface area contributed by atoms with Gasteiger partial charge in [0, 0.05) is 24.5 Å². The average molecular weight is 339 g/mol. The summed E-state index contributed by atoms with van der Waals surface area (Å²) in [5.41, 5.74) is 0.821. The fraction of sp³-hybridized carbons (Fsp3) is 0.333. The van der Waals surface area contributed by atoms with Gasteiger partial charge >= 0.3 is 5.97 Å². The van der Waals surface area contributed by atoms with Crippen molar-refractivity contribution in [2.45, 2.75) is 13.0 Å². The van der Waals surface area contributed by atoms with Gasteiger partial charge in [-0.25, -0.2) is 0 Å². The Bertz CT molecular complexity index is 644. The standard InChI is InChI=1S/C15H15ClN2O5/c16-10-3-1-9(2-4-10)8-18-6-5-11(19)13(15(18)23)14(22)17-7-12(20)21/h1-4,13H,5-8H2,(H,17,22)(H,20,21). The number of nitrogens with zero attached hydrogens (tertiary/aromatic N) is 1. The molecule has 1 atom stereocenters. The van der Waals surface area contributed by atoms with E-state index in [-0.39, 0.29) is 19.5 Å². The number of piperidine rings is 1. The minimum atomic E-state index is -1.48. The zero-order chi connectivity index (χ0) is 17.0. The highest BCUT2D eigenvalue weighted by Crippen LogP contribution is 2.19. The fourth-order valence-corrected chi connectivity index (χ4v) is 2.44. The van der Waals surface area contributed by atoms with Crippen molar-refractivity contribution in [3.63, 3.8) is 0 Å². The van der Waals surface area contributed by atoms with Crippen LogP contribution in [0.25, 0.3) is 0 Å². The first-order valence-corrected chi connectivity index (χ1v) is 7.31. The number of halogens is 1. The van der Waals surface area contributed by atoms with Crippen LogP contribution in [-0.4, -0.2) is 46.7 Å². The van der Waals surface area contributed by atoms with Gasteiger partial charge < -0.3 is 15.3 Å². The van der Waals surface area contributed by atoms with E-state index in [2.05, 4.69) is 5.32 Å². The molecule has 1 saturated heterocycles. The second kappa shape index (κ2) is 7.23. The maximum absolute atomic E-state index is 12.4. The van der Waals surface area contributed by atoms with Gasteiger partial charge in [0.15, 0.2) is 11.7 Å². The van der Waals surface area contributed by atoms with Crippen LogP contribution in [0.4, 0.5) is 0 Å². The maximum Gasteiger partial charge on any atom is 0.322 e. The van der Waals surface area contributed by atoms with Gasteiger partial charge in [-0.2, -0.15) is 0 Å². The normalized spacial score (nSPS) is 18.0. The summed E-state index contributed by atoms with van der Waals surface area (Å²) in [6, 6.07) is 6.89. The van der Waals surface area contributed by atoms with Crippen LogP contribution in [0.3, 0.4) is 0 Å². The van der Waals surface area contributed by atoms with Gasteiger partial charge in [0.05, 0.1) is 0 Å². The van der Waals surface area contributed by atoms with Crippen LogP contribution in [-0.2, 0) is 25.7 Å². The Hall–Kier alpha value is -2.41. The van der Waals surface area contributed by atoms with E-state index < -0.39 is 36.0 Å². The third kappa shape index (κ3) is 4.29. The van der Waals surface area contributed by atoms with E-state index >= 15 is 0 Å². The molecule has 0 bridgehead atoms. The summed E-state index contributed by atoms with van der Waals surface area (Å²) in [5, 5.41) is 11.2. The van der Waals surface area contributed by atoms with Gasteiger partial charge in [0.2, 0.25) is 11.8 Å². The number of carboxylic acid groups (broad SMARTS) is 1. The number of carbonyl (C=O) groups excluding carboxylic acids is 3. The molecule has 1 unspecified atom stereocenters. The summed E-state index contributed by atoms with van der Waals surface area (Å²) in [7, 11) is 0. The van der Waals surface area contributed by atoms with Crippen molar-refractivity contribution < 1.29 is 24.3 Å². The number of hydrogen-bond donors (Lipinski definition) is 2. The summed E-state index contributed by atoms with van der Waals surface area (Å²) in [6.45, 7) is -0.151. The summed E-state index contributed by atoms with van der Waals surface area (Å²) in [6.07, 6.45) is 0.0600. The Labute approximate surface area is 137 Å². The number of rotatable bonds is 5. The number of carboxylic acids is 1. The number of Topliss-reactive ketones (excluding diaryl/α,β-unsaturated/α-hetero) is 1. The van der Waals surface area contributed by atoms with Gasteiger partial charge in [-0.3, -0.25) is 19.2 Å². The number of hydrogen-bond acceptors (Lipinski definition) is 4. The zero-order valence-electron chi connectivity index (χ0n) is 12.1. The van der Waals surface area contributed by atoms with Crippen molar-refractivity contribution in [1.29, 1.82) is 0 Å². The average Bonchev–Trinajstić information content (AvgIpc) is 2.50. The van der Waals surface area contributed by atoms with Gasteiger partial charge in [-0.1, -0.05) is 23.7 Å². The Morgan fingerprint density at radius 1 is 1.26 bits per heavy atom. The first-order chi connectivity index (χ1) is 10.9. The Morgan fingerprint density at radius 3 is 2.52 bits per heavy atom. The largest absolute Gasteiger partial charge is 0.480 e. The number of nitrogens with one attached hydrogen (secondary N) is 1. The first-order valence-electron chi connectivity index (χ1n) is 6.94. The molecule has 122 valence electrons. The summed E-state index contributed by atoms with van der Waals surface area (Å²) in [5.74, 6) is -4.70. The number of likely N-dealkylation sites (tertiary alicyclic amines) is 1. The van der Waals surface area contributed by atoms with Crippen LogP contribution >= 0.6 is 11.6 Å². The lowest BCUT2D eigenvalue weighted by atomic mass is 9.94. The van der Waals surface area contributed by atoms with E-state index in [4.69, 9.17) is 16.7 Å². The number of carbonyl (C=O) groups is 4. The third-order valence-electron chi connectivity index (χ3n) is 3.47. The van der Waals surface area contributed by atoms with Gasteiger partial charge in [0.1, 0.15) is 6.54 Å². The number of aliphatic carboxylic acids is 1. The minimum absolute atomic E-state index is 0.0600. The lowest BCUT2D eigenvalue weighted by Crippen LogP contribution is -2.52. The lowest BCUT2D eigenvalue weighted by Gasteiger charge is -2.30. The molecular weight excluding hydrogens is 324 g/mol. The first kappa shape index (κ1) is 17.0. The predicted octanol–water partition coefficient (Wildman–Crippen LogP) is 0.458. The molecule has 2 N–H and O–H groups in total. The lowest BCUT2D eigenvalue weighted by molar-refractivity contribution is -0.152. The van der Waals surface area contributed by atoms with E-state index in [1.165, 1.54) is 4.90 Å². The van der Waals surface area contributed by atoms with Crippen molar-refractivity contribution in [1.82, 2.24) is 10.2 Å². The second-order valence-electron chi connectivity index (χ2n) is 5.15. The molecule has 7 nitrogen and oxygen atoms in total. The van der Waals surface area contributed by atoms with Gasteiger partial charge in [0.25, 0.3) is 0 Å². The monoisotopic (exact) mass is 338 g/mol. The molecule has 23 heavy (non-hydrogen) atoms. The predicted molar refractivity (Wildman–Crippen MR) is 80.6 cm³/mol.